The SMILES string of the molecule is CC(=O)[C@]1(O)C=C[C@H]2[C@H]3Cc4cc(N=Nc5ccc(C(=O)O)cc5)c(O)c5c4[C@@]2(CCN3C)[C@H]1O5. The van der Waals surface area contributed by atoms with Crippen molar-refractivity contribution >= 4 is 23.1 Å². The van der Waals surface area contributed by atoms with Crippen LogP contribution in [0.3, 0.4) is 0 Å². The number of hydrogen-bond donors (Lipinski definition) is 3. The number of carboxylic acids is 1. The largest absolute Gasteiger partial charge is 0.503 e. The molecule has 0 unspecified atom stereocenters. The number of ketones is 1. The maximum atomic E-state index is 12.6. The number of ether oxygens (including phenoxy) is 1. The van der Waals surface area contributed by atoms with Gasteiger partial charge in [0, 0.05) is 22.9 Å². The van der Waals surface area contributed by atoms with Crippen LogP contribution in [0.5, 0.6) is 11.5 Å². The number of aliphatic hydroxyl groups is 1. The summed E-state index contributed by atoms with van der Waals surface area (Å²) in [4.78, 5) is 26.0. The number of likely N-dealkylation sites (tertiary alicyclic amines) is 1. The molecule has 5 atom stereocenters. The Bertz CT molecular complexity index is 1340. The van der Waals surface area contributed by atoms with Crippen LogP contribution in [-0.4, -0.2) is 63.3 Å². The summed E-state index contributed by atoms with van der Waals surface area (Å²) in [5.41, 5.74) is 0.214. The van der Waals surface area contributed by atoms with Crippen molar-refractivity contribution in [2.45, 2.75) is 42.9 Å². The van der Waals surface area contributed by atoms with Gasteiger partial charge in [0.25, 0.3) is 0 Å². The van der Waals surface area contributed by atoms with Crippen LogP contribution >= 0.6 is 0 Å². The molecule has 1 saturated heterocycles. The Morgan fingerprint density at radius 1 is 1.20 bits per heavy atom. The van der Waals surface area contributed by atoms with Gasteiger partial charge in [0.15, 0.2) is 22.9 Å². The van der Waals surface area contributed by atoms with E-state index in [0.717, 1.165) is 17.7 Å². The Balaban J connectivity index is 1.48. The van der Waals surface area contributed by atoms with E-state index in [1.54, 1.807) is 6.08 Å². The number of nitrogens with zero attached hydrogens (tertiary/aromatic N) is 3. The lowest BCUT2D eigenvalue weighted by Gasteiger charge is -2.58. The second kappa shape index (κ2) is 7.22. The summed E-state index contributed by atoms with van der Waals surface area (Å²) in [7, 11) is 2.08. The highest BCUT2D eigenvalue weighted by Gasteiger charge is 2.69. The number of azo groups is 1. The van der Waals surface area contributed by atoms with E-state index in [0.29, 0.717) is 18.5 Å². The molecule has 3 N–H and O–H groups in total. The van der Waals surface area contributed by atoms with E-state index in [2.05, 4.69) is 22.2 Å². The zero-order chi connectivity index (χ0) is 24.7. The Labute approximate surface area is 201 Å². The van der Waals surface area contributed by atoms with Crippen molar-refractivity contribution in [1.82, 2.24) is 4.90 Å². The number of hydrogen-bond acceptors (Lipinski definition) is 8. The molecule has 0 saturated carbocycles. The lowest BCUT2D eigenvalue weighted by Crippen LogP contribution is -2.69. The van der Waals surface area contributed by atoms with Crippen LogP contribution < -0.4 is 4.74 Å². The van der Waals surface area contributed by atoms with Crippen molar-refractivity contribution in [1.29, 1.82) is 0 Å². The number of piperidine rings is 1. The molecule has 2 heterocycles. The number of aromatic carboxylic acids is 1. The second-order valence-corrected chi connectivity index (χ2v) is 9.97. The van der Waals surface area contributed by atoms with Gasteiger partial charge in [0.1, 0.15) is 11.8 Å². The van der Waals surface area contributed by atoms with Crippen molar-refractivity contribution in [3.8, 4) is 11.5 Å². The third kappa shape index (κ3) is 2.82. The number of carboxylic acid groups (broad SMARTS) is 1. The standard InChI is InChI=1S/C26H25N3O6/c1-13(30)26(34)8-7-17-19-12-15-11-18(28-27-16-5-3-14(4-6-16)23(32)33)21(31)22-20(15)25(17,24(26)35-22)9-10-29(19)2/h3-8,11,17,19,24,31,34H,9-10,12H2,1-2H3,(H,32,33)/t17-,19+,24+,25-,26+/m0/s1. The van der Waals surface area contributed by atoms with Gasteiger partial charge in [0.2, 0.25) is 0 Å². The summed E-state index contributed by atoms with van der Waals surface area (Å²) in [5.74, 6) is -1.30. The first-order chi connectivity index (χ1) is 16.7. The van der Waals surface area contributed by atoms with Gasteiger partial charge in [0.05, 0.1) is 11.3 Å². The predicted octanol–water partition coefficient (Wildman–Crippen LogP) is 3.27. The van der Waals surface area contributed by atoms with Crippen molar-refractivity contribution in [2.75, 3.05) is 13.6 Å². The van der Waals surface area contributed by atoms with Gasteiger partial charge in [-0.15, -0.1) is 5.11 Å². The molecule has 4 aliphatic rings. The van der Waals surface area contributed by atoms with E-state index >= 15 is 0 Å². The number of benzene rings is 2. The van der Waals surface area contributed by atoms with Gasteiger partial charge in [-0.25, -0.2) is 4.79 Å². The Morgan fingerprint density at radius 2 is 1.94 bits per heavy atom. The highest BCUT2D eigenvalue weighted by atomic mass is 16.5. The molecule has 180 valence electrons. The number of carbonyl (C=O) groups is 2. The van der Waals surface area contributed by atoms with Gasteiger partial charge >= 0.3 is 5.97 Å². The van der Waals surface area contributed by atoms with E-state index in [9.17, 15) is 19.8 Å². The van der Waals surface area contributed by atoms with Crippen LogP contribution in [0.4, 0.5) is 11.4 Å². The zero-order valence-corrected chi connectivity index (χ0v) is 19.3. The van der Waals surface area contributed by atoms with Crippen LogP contribution in [-0.2, 0) is 16.6 Å². The smallest absolute Gasteiger partial charge is 0.335 e. The summed E-state index contributed by atoms with van der Waals surface area (Å²) in [6.07, 6.45) is 4.09. The average molecular weight is 476 g/mol. The number of aromatic hydroxyl groups is 1. The maximum Gasteiger partial charge on any atom is 0.335 e. The lowest BCUT2D eigenvalue weighted by molar-refractivity contribution is -0.148. The molecule has 2 aromatic rings. The van der Waals surface area contributed by atoms with Gasteiger partial charge < -0.3 is 25.0 Å². The quantitative estimate of drug-likeness (QED) is 0.457. The van der Waals surface area contributed by atoms with Crippen LogP contribution in [0.1, 0.15) is 34.8 Å². The van der Waals surface area contributed by atoms with Crippen molar-refractivity contribution in [2.24, 2.45) is 16.1 Å². The molecule has 0 amide bonds. The molecule has 2 aliphatic carbocycles. The summed E-state index contributed by atoms with van der Waals surface area (Å²) < 4.78 is 6.30. The van der Waals surface area contributed by atoms with E-state index in [1.165, 1.54) is 31.2 Å². The lowest BCUT2D eigenvalue weighted by atomic mass is 9.51. The second-order valence-electron chi connectivity index (χ2n) is 9.97. The van der Waals surface area contributed by atoms with E-state index in [1.807, 2.05) is 12.1 Å². The molecule has 9 heteroatoms. The molecule has 1 fully saturated rings. The fourth-order valence-corrected chi connectivity index (χ4v) is 6.52. The Hall–Kier alpha value is -3.56. The number of Topliss-reactive ketones (excluding diaryl/α,β-unsaturated/α-hetero) is 1. The topological polar surface area (TPSA) is 132 Å². The van der Waals surface area contributed by atoms with Crippen molar-refractivity contribution < 1.29 is 29.6 Å². The molecule has 0 aromatic heterocycles. The third-order valence-electron chi connectivity index (χ3n) is 8.28. The number of likely N-dealkylation sites (N-methyl/N-ethyl adjacent to an activating group) is 1. The van der Waals surface area contributed by atoms with Gasteiger partial charge in [-0.1, -0.05) is 6.08 Å². The molecule has 0 radical (unpaired) electrons. The molecular formula is C26H25N3O6. The van der Waals surface area contributed by atoms with Crippen LogP contribution in [0, 0.1) is 5.92 Å². The molecule has 2 aromatic carbocycles. The first kappa shape index (κ1) is 21.9. The molecule has 35 heavy (non-hydrogen) atoms. The molecule has 6 rings (SSSR count). The fourth-order valence-electron chi connectivity index (χ4n) is 6.52. The van der Waals surface area contributed by atoms with Gasteiger partial charge in [-0.3, -0.25) is 4.79 Å². The molecule has 2 aliphatic heterocycles. The predicted molar refractivity (Wildman–Crippen MR) is 125 cm³/mol. The number of phenols is 1. The average Bonchev–Trinajstić information content (AvgIpc) is 3.19. The number of rotatable bonds is 4. The van der Waals surface area contributed by atoms with Crippen LogP contribution in [0.15, 0.2) is 52.7 Å². The summed E-state index contributed by atoms with van der Waals surface area (Å²) >= 11 is 0. The minimum absolute atomic E-state index is 0.0410. The number of phenolic OH excluding ortho intramolecular Hbond substituents is 1. The first-order valence-corrected chi connectivity index (χ1v) is 11.6. The van der Waals surface area contributed by atoms with Gasteiger partial charge in [-0.2, -0.15) is 5.11 Å². The highest BCUT2D eigenvalue weighted by molar-refractivity contribution is 5.89. The molecule has 2 bridgehead atoms. The van der Waals surface area contributed by atoms with Crippen LogP contribution in [0.2, 0.25) is 0 Å². The fraction of sp³-hybridized carbons (Fsp3) is 0.385. The van der Waals surface area contributed by atoms with Gasteiger partial charge in [-0.05, 0) is 75.3 Å². The molecule has 1 spiro atoms. The molecular weight excluding hydrogens is 450 g/mol. The number of carbonyl (C=O) groups excluding carboxylic acids is 1. The monoisotopic (exact) mass is 475 g/mol. The minimum atomic E-state index is -1.79. The minimum Gasteiger partial charge on any atom is -0.503 e. The first-order valence-electron chi connectivity index (χ1n) is 11.6. The highest BCUT2D eigenvalue weighted by Crippen LogP contribution is 2.65. The normalized spacial score (nSPS) is 32.4. The van der Waals surface area contributed by atoms with E-state index < -0.39 is 28.9 Å². The maximum absolute atomic E-state index is 12.6. The van der Waals surface area contributed by atoms with E-state index in [-0.39, 0.29) is 34.7 Å². The van der Waals surface area contributed by atoms with Crippen LogP contribution in [0.25, 0.3) is 0 Å². The van der Waals surface area contributed by atoms with Crippen molar-refractivity contribution in [3.05, 3.63) is 59.2 Å². The van der Waals surface area contributed by atoms with Crippen molar-refractivity contribution in [3.63, 3.8) is 0 Å². The zero-order valence-electron chi connectivity index (χ0n) is 19.3. The summed E-state index contributed by atoms with van der Waals surface area (Å²) in [6.45, 7) is 2.15. The molecule has 9 nitrogen and oxygen atoms in total. The summed E-state index contributed by atoms with van der Waals surface area (Å²) in [6, 6.07) is 7.90. The third-order valence-corrected chi connectivity index (χ3v) is 8.28. The Morgan fingerprint density at radius 3 is 2.63 bits per heavy atom. The van der Waals surface area contributed by atoms with E-state index in [4.69, 9.17) is 9.84 Å². The Kier molecular flexibility index (Phi) is 4.53. The summed E-state index contributed by atoms with van der Waals surface area (Å²) in [5, 5.41) is 40.1.